The zero-order chi connectivity index (χ0) is 13.0. The van der Waals surface area contributed by atoms with Crippen LogP contribution in [0.1, 0.15) is 13.8 Å². The minimum atomic E-state index is 0.598. The van der Waals surface area contributed by atoms with Gasteiger partial charge in [-0.05, 0) is 24.1 Å². The van der Waals surface area contributed by atoms with Gasteiger partial charge < -0.3 is 10.5 Å². The van der Waals surface area contributed by atoms with Crippen LogP contribution >= 0.6 is 23.1 Å². The Labute approximate surface area is 116 Å². The number of hydrogen-bond donors (Lipinski definition) is 1. The number of nitrogens with two attached hydrogens (primary N) is 1. The second-order valence-electron chi connectivity index (χ2n) is 4.52. The highest BCUT2D eigenvalue weighted by atomic mass is 32.2. The Kier molecular flexibility index (Phi) is 4.86. The SMILES string of the molecule is CC(C)COCCSc1nc2ccc(N)cc2s1. The van der Waals surface area contributed by atoms with Gasteiger partial charge in [-0.2, -0.15) is 0 Å². The topological polar surface area (TPSA) is 48.1 Å². The number of nitrogens with zero attached hydrogens (tertiary/aromatic N) is 1. The predicted molar refractivity (Wildman–Crippen MR) is 80.4 cm³/mol. The third-order valence-electron chi connectivity index (χ3n) is 2.30. The molecule has 98 valence electrons. The van der Waals surface area contributed by atoms with E-state index in [9.17, 15) is 0 Å². The number of benzene rings is 1. The average Bonchev–Trinajstić information content (AvgIpc) is 2.70. The van der Waals surface area contributed by atoms with Gasteiger partial charge in [-0.15, -0.1) is 11.3 Å². The maximum atomic E-state index is 5.75. The first-order chi connectivity index (χ1) is 8.65. The number of nitrogen functional groups attached to an aromatic ring is 1. The van der Waals surface area contributed by atoms with E-state index in [1.807, 2.05) is 18.2 Å². The summed E-state index contributed by atoms with van der Waals surface area (Å²) in [7, 11) is 0. The van der Waals surface area contributed by atoms with Crippen LogP contribution in [-0.4, -0.2) is 24.0 Å². The van der Waals surface area contributed by atoms with Gasteiger partial charge in [0, 0.05) is 18.0 Å². The van der Waals surface area contributed by atoms with Crippen molar-refractivity contribution in [2.75, 3.05) is 24.7 Å². The molecule has 3 nitrogen and oxygen atoms in total. The van der Waals surface area contributed by atoms with Crippen molar-refractivity contribution in [1.29, 1.82) is 0 Å². The Hall–Kier alpha value is -0.780. The van der Waals surface area contributed by atoms with Crippen LogP contribution in [0.2, 0.25) is 0 Å². The summed E-state index contributed by atoms with van der Waals surface area (Å²) in [6.45, 7) is 5.92. The highest BCUT2D eigenvalue weighted by molar-refractivity contribution is 8.01. The third-order valence-corrected chi connectivity index (χ3v) is 4.42. The fourth-order valence-electron chi connectivity index (χ4n) is 1.49. The van der Waals surface area contributed by atoms with Crippen molar-refractivity contribution in [3.63, 3.8) is 0 Å². The lowest BCUT2D eigenvalue weighted by Gasteiger charge is -2.05. The Morgan fingerprint density at radius 3 is 3.06 bits per heavy atom. The number of fused-ring (bicyclic) bond motifs is 1. The summed E-state index contributed by atoms with van der Waals surface area (Å²) in [6, 6.07) is 5.84. The normalized spacial score (nSPS) is 11.5. The first-order valence-electron chi connectivity index (χ1n) is 6.02. The van der Waals surface area contributed by atoms with E-state index in [1.165, 1.54) is 0 Å². The Morgan fingerprint density at radius 2 is 2.28 bits per heavy atom. The van der Waals surface area contributed by atoms with Crippen LogP contribution in [0.3, 0.4) is 0 Å². The summed E-state index contributed by atoms with van der Waals surface area (Å²) < 4.78 is 7.79. The third kappa shape index (κ3) is 3.86. The number of thiazole rings is 1. The van der Waals surface area contributed by atoms with E-state index in [0.717, 1.165) is 39.2 Å². The van der Waals surface area contributed by atoms with Crippen molar-refractivity contribution in [2.24, 2.45) is 5.92 Å². The molecule has 2 N–H and O–H groups in total. The van der Waals surface area contributed by atoms with E-state index >= 15 is 0 Å². The molecule has 0 aliphatic heterocycles. The Balaban J connectivity index is 1.84. The van der Waals surface area contributed by atoms with Gasteiger partial charge in [0.1, 0.15) is 0 Å². The van der Waals surface area contributed by atoms with Gasteiger partial charge in [0.25, 0.3) is 0 Å². The highest BCUT2D eigenvalue weighted by Gasteiger charge is 2.04. The zero-order valence-electron chi connectivity index (χ0n) is 10.7. The largest absolute Gasteiger partial charge is 0.399 e. The van der Waals surface area contributed by atoms with Gasteiger partial charge >= 0.3 is 0 Å². The van der Waals surface area contributed by atoms with Crippen LogP contribution in [-0.2, 0) is 4.74 Å². The molecule has 0 fully saturated rings. The second-order valence-corrected chi connectivity index (χ2v) is 6.90. The van der Waals surface area contributed by atoms with Gasteiger partial charge in [0.2, 0.25) is 0 Å². The highest BCUT2D eigenvalue weighted by Crippen LogP contribution is 2.30. The van der Waals surface area contributed by atoms with E-state index in [-0.39, 0.29) is 0 Å². The Morgan fingerprint density at radius 1 is 1.44 bits per heavy atom. The van der Waals surface area contributed by atoms with Crippen molar-refractivity contribution < 1.29 is 4.74 Å². The standard InChI is InChI=1S/C13H18N2OS2/c1-9(2)8-16-5-6-17-13-15-11-4-3-10(14)7-12(11)18-13/h3-4,7,9H,5-6,8,14H2,1-2H3. The first kappa shape index (κ1) is 13.6. The van der Waals surface area contributed by atoms with Crippen LogP contribution in [0.4, 0.5) is 5.69 Å². The molecule has 5 heteroatoms. The van der Waals surface area contributed by atoms with E-state index in [2.05, 4.69) is 18.8 Å². The van der Waals surface area contributed by atoms with Gasteiger partial charge in [0.05, 0.1) is 16.8 Å². The van der Waals surface area contributed by atoms with Crippen molar-refractivity contribution in [3.05, 3.63) is 18.2 Å². The monoisotopic (exact) mass is 282 g/mol. The molecule has 2 rings (SSSR count). The summed E-state index contributed by atoms with van der Waals surface area (Å²) in [5.41, 5.74) is 7.58. The number of thioether (sulfide) groups is 1. The van der Waals surface area contributed by atoms with Crippen LogP contribution in [0.25, 0.3) is 10.2 Å². The van der Waals surface area contributed by atoms with Gasteiger partial charge in [-0.3, -0.25) is 0 Å². The first-order valence-corrected chi connectivity index (χ1v) is 7.82. The second kappa shape index (κ2) is 6.41. The summed E-state index contributed by atoms with van der Waals surface area (Å²) in [5.74, 6) is 1.54. The molecule has 0 saturated heterocycles. The van der Waals surface area contributed by atoms with Crippen molar-refractivity contribution in [1.82, 2.24) is 4.98 Å². The quantitative estimate of drug-likeness (QED) is 0.499. The lowest BCUT2D eigenvalue weighted by molar-refractivity contribution is 0.124. The molecule has 18 heavy (non-hydrogen) atoms. The number of aromatic nitrogens is 1. The minimum absolute atomic E-state index is 0.598. The van der Waals surface area contributed by atoms with Gasteiger partial charge in [-0.25, -0.2) is 4.98 Å². The lowest BCUT2D eigenvalue weighted by atomic mass is 10.2. The van der Waals surface area contributed by atoms with E-state index in [1.54, 1.807) is 23.1 Å². The molecular weight excluding hydrogens is 264 g/mol. The molecule has 1 aromatic carbocycles. The maximum Gasteiger partial charge on any atom is 0.151 e. The predicted octanol–water partition coefficient (Wildman–Crippen LogP) is 3.64. The number of ether oxygens (including phenoxy) is 1. The molecule has 0 saturated carbocycles. The van der Waals surface area contributed by atoms with Crippen molar-refractivity contribution >= 4 is 39.0 Å². The summed E-state index contributed by atoms with van der Waals surface area (Å²) in [5, 5.41) is 0. The van der Waals surface area contributed by atoms with Crippen LogP contribution in [0.15, 0.2) is 22.5 Å². The van der Waals surface area contributed by atoms with E-state index in [4.69, 9.17) is 10.5 Å². The molecule has 0 amide bonds. The smallest absolute Gasteiger partial charge is 0.151 e. The van der Waals surface area contributed by atoms with Crippen LogP contribution in [0.5, 0.6) is 0 Å². The fraction of sp³-hybridized carbons (Fsp3) is 0.462. The maximum absolute atomic E-state index is 5.75. The molecule has 0 atom stereocenters. The fourth-order valence-corrected chi connectivity index (χ4v) is 3.53. The minimum Gasteiger partial charge on any atom is -0.399 e. The molecule has 0 bridgehead atoms. The van der Waals surface area contributed by atoms with Crippen LogP contribution in [0, 0.1) is 5.92 Å². The summed E-state index contributed by atoms with van der Waals surface area (Å²) >= 11 is 3.44. The zero-order valence-corrected chi connectivity index (χ0v) is 12.3. The number of rotatable bonds is 6. The van der Waals surface area contributed by atoms with Crippen molar-refractivity contribution in [2.45, 2.75) is 18.2 Å². The number of anilines is 1. The lowest BCUT2D eigenvalue weighted by Crippen LogP contribution is -2.04. The molecule has 0 aliphatic carbocycles. The molecule has 0 radical (unpaired) electrons. The van der Waals surface area contributed by atoms with E-state index in [0.29, 0.717) is 5.92 Å². The average molecular weight is 282 g/mol. The molecular formula is C13H18N2OS2. The molecule has 2 aromatic rings. The molecule has 0 unspecified atom stereocenters. The summed E-state index contributed by atoms with van der Waals surface area (Å²) in [4.78, 5) is 4.56. The molecule has 1 aromatic heterocycles. The molecule has 0 spiro atoms. The van der Waals surface area contributed by atoms with Crippen LogP contribution < -0.4 is 5.73 Å². The summed E-state index contributed by atoms with van der Waals surface area (Å²) in [6.07, 6.45) is 0. The van der Waals surface area contributed by atoms with E-state index < -0.39 is 0 Å². The Bertz CT molecular complexity index is 511. The molecule has 0 aliphatic rings. The van der Waals surface area contributed by atoms with Crippen molar-refractivity contribution in [3.8, 4) is 0 Å². The van der Waals surface area contributed by atoms with Gasteiger partial charge in [0.15, 0.2) is 4.34 Å². The number of hydrogen-bond acceptors (Lipinski definition) is 5. The van der Waals surface area contributed by atoms with Gasteiger partial charge in [-0.1, -0.05) is 25.6 Å². The molecule has 1 heterocycles.